The molecule has 0 saturated heterocycles. The molecule has 0 heterocycles. The molecule has 0 aliphatic carbocycles. The highest BCUT2D eigenvalue weighted by Crippen LogP contribution is 2.32. The molecule has 0 aliphatic heterocycles. The van der Waals surface area contributed by atoms with Crippen molar-refractivity contribution in [1.82, 2.24) is 10.9 Å². The largest absolute Gasteiger partial charge is 0.483 e. The Morgan fingerprint density at radius 3 is 2.50 bits per heavy atom. The first kappa shape index (κ1) is 19.3. The van der Waals surface area contributed by atoms with Gasteiger partial charge in [-0.1, -0.05) is 42.5 Å². The van der Waals surface area contributed by atoms with Gasteiger partial charge in [-0.3, -0.25) is 30.6 Å². The second-order valence-corrected chi connectivity index (χ2v) is 6.46. The molecule has 0 spiro atoms. The molecule has 3 aromatic carbocycles. The molecular formula is C19H14BrN3O5. The molecule has 3 rings (SSSR count). The first-order valence-corrected chi connectivity index (χ1v) is 8.89. The number of hydrogen-bond acceptors (Lipinski definition) is 5. The van der Waals surface area contributed by atoms with Crippen molar-refractivity contribution in [2.45, 2.75) is 0 Å². The predicted octanol–water partition coefficient (Wildman–Crippen LogP) is 3.35. The number of nitro benzene ring substituents is 1. The Morgan fingerprint density at radius 2 is 1.71 bits per heavy atom. The van der Waals surface area contributed by atoms with Crippen LogP contribution in [0.5, 0.6) is 5.75 Å². The van der Waals surface area contributed by atoms with Gasteiger partial charge < -0.3 is 4.74 Å². The number of carbonyl (C=O) groups excluding carboxylic acids is 2. The number of nitrogens with one attached hydrogen (secondary N) is 2. The number of carbonyl (C=O) groups is 2. The molecule has 142 valence electrons. The van der Waals surface area contributed by atoms with Gasteiger partial charge in [-0.2, -0.15) is 0 Å². The first-order chi connectivity index (χ1) is 13.5. The summed E-state index contributed by atoms with van der Waals surface area (Å²) >= 11 is 3.46. The molecule has 28 heavy (non-hydrogen) atoms. The number of halogens is 1. The maximum atomic E-state index is 12.1. The maximum Gasteiger partial charge on any atom is 0.282 e. The van der Waals surface area contributed by atoms with Crippen molar-refractivity contribution in [2.75, 3.05) is 6.61 Å². The lowest BCUT2D eigenvalue weighted by Gasteiger charge is -2.11. The van der Waals surface area contributed by atoms with E-state index in [9.17, 15) is 19.7 Å². The topological polar surface area (TPSA) is 111 Å². The Hall–Kier alpha value is -3.46. The Labute approximate surface area is 167 Å². The Morgan fingerprint density at radius 1 is 1.00 bits per heavy atom. The summed E-state index contributed by atoms with van der Waals surface area (Å²) in [6.07, 6.45) is 0. The average Bonchev–Trinajstić information content (AvgIpc) is 2.71. The molecule has 0 atom stereocenters. The van der Waals surface area contributed by atoms with Gasteiger partial charge in [0.2, 0.25) is 0 Å². The van der Waals surface area contributed by atoms with Gasteiger partial charge in [0.05, 0.1) is 9.40 Å². The highest BCUT2D eigenvalue weighted by Gasteiger charge is 2.19. The number of para-hydroxylation sites is 1. The predicted molar refractivity (Wildman–Crippen MR) is 106 cm³/mol. The fourth-order valence-corrected chi connectivity index (χ4v) is 3.13. The summed E-state index contributed by atoms with van der Waals surface area (Å²) in [5.41, 5.74) is 3.80. The molecule has 0 aliphatic rings. The van der Waals surface area contributed by atoms with Crippen LogP contribution in [0, 0.1) is 10.1 Å². The molecule has 8 nitrogen and oxygen atoms in total. The summed E-state index contributed by atoms with van der Waals surface area (Å²) in [4.78, 5) is 34.3. The summed E-state index contributed by atoms with van der Waals surface area (Å²) in [5.74, 6) is -0.946. The van der Waals surface area contributed by atoms with Gasteiger partial charge in [-0.05, 0) is 38.8 Å². The number of benzene rings is 3. The lowest BCUT2D eigenvalue weighted by atomic mass is 10.1. The number of hydrazine groups is 1. The van der Waals surface area contributed by atoms with Crippen molar-refractivity contribution < 1.29 is 19.2 Å². The monoisotopic (exact) mass is 443 g/mol. The van der Waals surface area contributed by atoms with E-state index in [0.29, 0.717) is 10.2 Å². The lowest BCUT2D eigenvalue weighted by molar-refractivity contribution is -0.385. The third kappa shape index (κ3) is 4.26. The Balaban J connectivity index is 1.59. The molecule has 0 radical (unpaired) electrons. The van der Waals surface area contributed by atoms with Gasteiger partial charge in [0.1, 0.15) is 11.3 Å². The van der Waals surface area contributed by atoms with E-state index in [2.05, 4.69) is 26.8 Å². The van der Waals surface area contributed by atoms with E-state index < -0.39 is 16.7 Å². The molecule has 0 fully saturated rings. The minimum absolute atomic E-state index is 0.161. The average molecular weight is 444 g/mol. The minimum Gasteiger partial charge on any atom is -0.483 e. The van der Waals surface area contributed by atoms with Gasteiger partial charge in [-0.15, -0.1) is 0 Å². The zero-order valence-electron chi connectivity index (χ0n) is 14.3. The summed E-state index contributed by atoms with van der Waals surface area (Å²) in [6, 6.07) is 16.7. The smallest absolute Gasteiger partial charge is 0.282 e. The number of ether oxygens (including phenoxy) is 1. The summed E-state index contributed by atoms with van der Waals surface area (Å²) in [7, 11) is 0. The molecule has 0 bridgehead atoms. The van der Waals surface area contributed by atoms with Crippen LogP contribution in [0.1, 0.15) is 10.4 Å². The van der Waals surface area contributed by atoms with Crippen molar-refractivity contribution >= 4 is 44.2 Å². The van der Waals surface area contributed by atoms with Gasteiger partial charge >= 0.3 is 0 Å². The van der Waals surface area contributed by atoms with E-state index in [4.69, 9.17) is 4.74 Å². The van der Waals surface area contributed by atoms with Gasteiger partial charge in [0.15, 0.2) is 6.61 Å². The second kappa shape index (κ2) is 8.49. The summed E-state index contributed by atoms with van der Waals surface area (Å²) < 4.78 is 6.20. The molecule has 9 heteroatoms. The Kier molecular flexibility index (Phi) is 5.85. The van der Waals surface area contributed by atoms with Crippen LogP contribution in [0.4, 0.5) is 5.69 Å². The third-order valence-electron chi connectivity index (χ3n) is 3.85. The van der Waals surface area contributed by atoms with E-state index in [-0.39, 0.29) is 17.9 Å². The van der Waals surface area contributed by atoms with Crippen molar-refractivity contribution in [1.29, 1.82) is 0 Å². The van der Waals surface area contributed by atoms with Crippen molar-refractivity contribution in [3.05, 3.63) is 80.8 Å². The van der Waals surface area contributed by atoms with E-state index in [1.807, 2.05) is 30.3 Å². The second-order valence-electron chi connectivity index (χ2n) is 5.66. The van der Waals surface area contributed by atoms with Crippen molar-refractivity contribution in [3.63, 3.8) is 0 Å². The Bertz CT molecular complexity index is 1070. The van der Waals surface area contributed by atoms with Crippen molar-refractivity contribution in [3.8, 4) is 5.75 Å². The number of hydrogen-bond donors (Lipinski definition) is 2. The molecule has 3 aromatic rings. The standard InChI is InChI=1S/C19H14BrN3O5/c20-18-13-6-2-1-5-12(13)9-10-16(18)28-11-17(24)21-22-19(25)14-7-3-4-8-15(14)23(26)27/h1-10H,11H2,(H,21,24)(H,22,25). The van der Waals surface area contributed by atoms with Crippen LogP contribution in [0.25, 0.3) is 10.8 Å². The molecule has 0 aromatic heterocycles. The zero-order valence-corrected chi connectivity index (χ0v) is 15.9. The fourth-order valence-electron chi connectivity index (χ4n) is 2.52. The number of rotatable bonds is 5. The third-order valence-corrected chi connectivity index (χ3v) is 4.67. The van der Waals surface area contributed by atoms with Crippen LogP contribution in [0.2, 0.25) is 0 Å². The van der Waals surface area contributed by atoms with Gasteiger partial charge in [-0.25, -0.2) is 0 Å². The fraction of sp³-hybridized carbons (Fsp3) is 0.0526. The number of fused-ring (bicyclic) bond motifs is 1. The molecule has 0 saturated carbocycles. The number of nitrogens with zero attached hydrogens (tertiary/aromatic N) is 1. The van der Waals surface area contributed by atoms with Crippen LogP contribution in [-0.4, -0.2) is 23.3 Å². The summed E-state index contributed by atoms with van der Waals surface area (Å²) in [6.45, 7) is -0.353. The number of nitro groups is 1. The van der Waals surface area contributed by atoms with Crippen LogP contribution in [-0.2, 0) is 4.79 Å². The van der Waals surface area contributed by atoms with E-state index in [1.165, 1.54) is 24.3 Å². The first-order valence-electron chi connectivity index (χ1n) is 8.10. The summed E-state index contributed by atoms with van der Waals surface area (Å²) in [5, 5.41) is 12.9. The van der Waals surface area contributed by atoms with Crippen molar-refractivity contribution in [2.24, 2.45) is 0 Å². The van der Waals surface area contributed by atoms with Crippen LogP contribution in [0.3, 0.4) is 0 Å². The van der Waals surface area contributed by atoms with Gasteiger partial charge in [0.25, 0.3) is 17.5 Å². The van der Waals surface area contributed by atoms with Crippen LogP contribution >= 0.6 is 15.9 Å². The zero-order chi connectivity index (χ0) is 20.1. The van der Waals surface area contributed by atoms with Crippen LogP contribution < -0.4 is 15.6 Å². The quantitative estimate of drug-likeness (QED) is 0.463. The molecule has 2 amide bonds. The molecule has 2 N–H and O–H groups in total. The lowest BCUT2D eigenvalue weighted by Crippen LogP contribution is -2.44. The molecular weight excluding hydrogens is 430 g/mol. The van der Waals surface area contributed by atoms with Gasteiger partial charge in [0, 0.05) is 6.07 Å². The highest BCUT2D eigenvalue weighted by atomic mass is 79.9. The highest BCUT2D eigenvalue weighted by molar-refractivity contribution is 9.10. The number of amides is 2. The maximum absolute atomic E-state index is 12.1. The SMILES string of the molecule is O=C(COc1ccc2ccccc2c1Br)NNC(=O)c1ccccc1[N+](=O)[O-]. The van der Waals surface area contributed by atoms with E-state index in [1.54, 1.807) is 6.07 Å². The van der Waals surface area contributed by atoms with Crippen LogP contribution in [0.15, 0.2) is 65.1 Å². The molecule has 0 unspecified atom stereocenters. The minimum atomic E-state index is -0.799. The van der Waals surface area contributed by atoms with E-state index >= 15 is 0 Å². The van der Waals surface area contributed by atoms with E-state index in [0.717, 1.165) is 10.8 Å². The normalized spacial score (nSPS) is 10.3.